The van der Waals surface area contributed by atoms with Crippen molar-refractivity contribution in [3.8, 4) is 0 Å². The van der Waals surface area contributed by atoms with Gasteiger partial charge >= 0.3 is 0 Å². The van der Waals surface area contributed by atoms with E-state index in [1.54, 1.807) is 0 Å². The summed E-state index contributed by atoms with van der Waals surface area (Å²) in [6, 6.07) is 0.860. The SMILES string of the molecule is C1CCC2CC(NCC3CCSCC3)CCC2C1. The molecule has 0 amide bonds. The van der Waals surface area contributed by atoms with Gasteiger partial charge in [-0.25, -0.2) is 0 Å². The Morgan fingerprint density at radius 1 is 0.833 bits per heavy atom. The van der Waals surface area contributed by atoms with Crippen molar-refractivity contribution < 1.29 is 0 Å². The Kier molecular flexibility index (Phi) is 4.92. The van der Waals surface area contributed by atoms with Crippen LogP contribution in [-0.2, 0) is 0 Å². The Morgan fingerprint density at radius 3 is 2.44 bits per heavy atom. The molecule has 3 atom stereocenters. The molecule has 1 N–H and O–H groups in total. The summed E-state index contributed by atoms with van der Waals surface area (Å²) in [6.45, 7) is 1.31. The summed E-state index contributed by atoms with van der Waals surface area (Å²) in [7, 11) is 0. The van der Waals surface area contributed by atoms with Crippen LogP contribution in [0.3, 0.4) is 0 Å². The third kappa shape index (κ3) is 3.45. The standard InChI is InChI=1S/C16H29NS/c1-2-4-15-11-16(6-5-14(15)3-1)17-12-13-7-9-18-10-8-13/h13-17H,1-12H2. The fourth-order valence-corrected chi connectivity index (χ4v) is 5.55. The lowest BCUT2D eigenvalue weighted by atomic mass is 9.69. The van der Waals surface area contributed by atoms with E-state index in [9.17, 15) is 0 Å². The van der Waals surface area contributed by atoms with Crippen molar-refractivity contribution in [3.63, 3.8) is 0 Å². The normalized spacial score (nSPS) is 38.3. The topological polar surface area (TPSA) is 12.0 Å². The average molecular weight is 267 g/mol. The summed E-state index contributed by atoms with van der Waals surface area (Å²) in [5.41, 5.74) is 0. The molecule has 1 saturated heterocycles. The van der Waals surface area contributed by atoms with E-state index in [1.165, 1.54) is 75.8 Å². The molecule has 0 aromatic rings. The van der Waals surface area contributed by atoms with Crippen molar-refractivity contribution in [1.82, 2.24) is 5.32 Å². The molecule has 1 aliphatic heterocycles. The third-order valence-corrected chi connectivity index (χ3v) is 6.62. The molecule has 0 aromatic carbocycles. The lowest BCUT2D eigenvalue weighted by molar-refractivity contribution is 0.141. The summed E-state index contributed by atoms with van der Waals surface area (Å²) in [5, 5.41) is 3.92. The Morgan fingerprint density at radius 2 is 1.61 bits per heavy atom. The monoisotopic (exact) mass is 267 g/mol. The lowest BCUT2D eigenvalue weighted by Gasteiger charge is -2.40. The summed E-state index contributed by atoms with van der Waals surface area (Å²) in [5.74, 6) is 5.97. The summed E-state index contributed by atoms with van der Waals surface area (Å²) in [4.78, 5) is 0. The smallest absolute Gasteiger partial charge is 0.00700 e. The van der Waals surface area contributed by atoms with Gasteiger partial charge in [-0.05, 0) is 67.9 Å². The van der Waals surface area contributed by atoms with Gasteiger partial charge in [0.1, 0.15) is 0 Å². The van der Waals surface area contributed by atoms with Crippen molar-refractivity contribution in [2.45, 2.75) is 63.8 Å². The van der Waals surface area contributed by atoms with Gasteiger partial charge in [-0.15, -0.1) is 0 Å². The molecule has 0 aromatic heterocycles. The molecule has 3 unspecified atom stereocenters. The first-order valence-electron chi connectivity index (χ1n) is 8.23. The van der Waals surface area contributed by atoms with E-state index in [1.807, 2.05) is 0 Å². The second-order valence-electron chi connectivity index (χ2n) is 6.78. The number of hydrogen-bond donors (Lipinski definition) is 1. The first-order chi connectivity index (χ1) is 8.92. The van der Waals surface area contributed by atoms with Gasteiger partial charge in [0.25, 0.3) is 0 Å². The van der Waals surface area contributed by atoms with Crippen LogP contribution in [0.5, 0.6) is 0 Å². The molecule has 3 aliphatic rings. The van der Waals surface area contributed by atoms with E-state index >= 15 is 0 Å². The third-order valence-electron chi connectivity index (χ3n) is 5.58. The molecule has 1 heterocycles. The Balaban J connectivity index is 1.40. The maximum Gasteiger partial charge on any atom is 0.00700 e. The molecular formula is C16H29NS. The molecule has 3 fully saturated rings. The average Bonchev–Trinajstić information content (AvgIpc) is 2.46. The fourth-order valence-electron chi connectivity index (χ4n) is 4.34. The Hall–Kier alpha value is 0.310. The van der Waals surface area contributed by atoms with Crippen molar-refractivity contribution in [3.05, 3.63) is 0 Å². The number of thioether (sulfide) groups is 1. The highest BCUT2D eigenvalue weighted by molar-refractivity contribution is 7.99. The van der Waals surface area contributed by atoms with Crippen LogP contribution in [0.25, 0.3) is 0 Å². The van der Waals surface area contributed by atoms with Crippen LogP contribution in [0.1, 0.15) is 57.8 Å². The van der Waals surface area contributed by atoms with E-state index in [-0.39, 0.29) is 0 Å². The molecule has 3 rings (SSSR count). The minimum Gasteiger partial charge on any atom is -0.314 e. The van der Waals surface area contributed by atoms with Gasteiger partial charge in [-0.2, -0.15) is 11.8 Å². The number of nitrogens with one attached hydrogen (secondary N) is 1. The van der Waals surface area contributed by atoms with Gasteiger partial charge in [0.05, 0.1) is 0 Å². The molecule has 2 aliphatic carbocycles. The van der Waals surface area contributed by atoms with Gasteiger partial charge in [-0.1, -0.05) is 25.7 Å². The second-order valence-corrected chi connectivity index (χ2v) is 8.00. The minimum atomic E-state index is 0.860. The van der Waals surface area contributed by atoms with Crippen molar-refractivity contribution in [2.75, 3.05) is 18.1 Å². The van der Waals surface area contributed by atoms with Gasteiger partial charge in [-0.3, -0.25) is 0 Å². The van der Waals surface area contributed by atoms with Crippen LogP contribution in [0.2, 0.25) is 0 Å². The molecule has 0 radical (unpaired) electrons. The zero-order valence-electron chi connectivity index (χ0n) is 11.7. The first-order valence-corrected chi connectivity index (χ1v) is 9.38. The highest BCUT2D eigenvalue weighted by atomic mass is 32.2. The molecule has 1 nitrogen and oxygen atoms in total. The van der Waals surface area contributed by atoms with Crippen LogP contribution in [0.15, 0.2) is 0 Å². The van der Waals surface area contributed by atoms with Crippen LogP contribution < -0.4 is 5.32 Å². The van der Waals surface area contributed by atoms with E-state index in [0.717, 1.165) is 23.8 Å². The van der Waals surface area contributed by atoms with Crippen LogP contribution in [-0.4, -0.2) is 24.1 Å². The molecule has 0 bridgehead atoms. The van der Waals surface area contributed by atoms with Crippen molar-refractivity contribution >= 4 is 11.8 Å². The van der Waals surface area contributed by atoms with Crippen molar-refractivity contribution in [1.29, 1.82) is 0 Å². The van der Waals surface area contributed by atoms with Crippen LogP contribution in [0.4, 0.5) is 0 Å². The quantitative estimate of drug-likeness (QED) is 0.827. The van der Waals surface area contributed by atoms with Crippen molar-refractivity contribution in [2.24, 2.45) is 17.8 Å². The largest absolute Gasteiger partial charge is 0.314 e. The summed E-state index contributed by atoms with van der Waals surface area (Å²) < 4.78 is 0. The number of rotatable bonds is 3. The second kappa shape index (κ2) is 6.65. The van der Waals surface area contributed by atoms with Gasteiger partial charge in [0.15, 0.2) is 0 Å². The molecule has 18 heavy (non-hydrogen) atoms. The molecule has 104 valence electrons. The number of fused-ring (bicyclic) bond motifs is 1. The zero-order valence-corrected chi connectivity index (χ0v) is 12.5. The Bertz CT molecular complexity index is 249. The van der Waals surface area contributed by atoms with Gasteiger partial charge < -0.3 is 5.32 Å². The maximum atomic E-state index is 3.92. The van der Waals surface area contributed by atoms with Crippen LogP contribution in [0, 0.1) is 17.8 Å². The van der Waals surface area contributed by atoms with E-state index in [4.69, 9.17) is 0 Å². The predicted octanol–water partition coefficient (Wildman–Crippen LogP) is 4.08. The first kappa shape index (κ1) is 13.3. The highest BCUT2D eigenvalue weighted by Gasteiger charge is 2.32. The maximum absolute atomic E-state index is 3.92. The van der Waals surface area contributed by atoms with E-state index in [0.29, 0.717) is 0 Å². The van der Waals surface area contributed by atoms with Gasteiger partial charge in [0, 0.05) is 6.04 Å². The highest BCUT2D eigenvalue weighted by Crippen LogP contribution is 2.40. The molecule has 2 heteroatoms. The summed E-state index contributed by atoms with van der Waals surface area (Å²) in [6.07, 6.45) is 13.5. The van der Waals surface area contributed by atoms with E-state index in [2.05, 4.69) is 17.1 Å². The minimum absolute atomic E-state index is 0.860. The Labute approximate surface area is 117 Å². The number of hydrogen-bond acceptors (Lipinski definition) is 2. The fraction of sp³-hybridized carbons (Fsp3) is 1.00. The molecule has 2 saturated carbocycles. The van der Waals surface area contributed by atoms with Gasteiger partial charge in [0.2, 0.25) is 0 Å². The molecule has 0 spiro atoms. The van der Waals surface area contributed by atoms with Crippen LogP contribution >= 0.6 is 11.8 Å². The predicted molar refractivity (Wildman–Crippen MR) is 81.1 cm³/mol. The zero-order chi connectivity index (χ0) is 12.2. The molecular weight excluding hydrogens is 238 g/mol. The summed E-state index contributed by atoms with van der Waals surface area (Å²) >= 11 is 2.15. The lowest BCUT2D eigenvalue weighted by Crippen LogP contribution is -2.41. The van der Waals surface area contributed by atoms with E-state index < -0.39 is 0 Å².